The molecule has 2 rings (SSSR count). The third-order valence-electron chi connectivity index (χ3n) is 4.15. The quantitative estimate of drug-likeness (QED) is 0.825. The molecule has 0 aliphatic carbocycles. The molecule has 0 saturated heterocycles. The van der Waals surface area contributed by atoms with Gasteiger partial charge in [0.15, 0.2) is 0 Å². The third kappa shape index (κ3) is 3.31. The molecule has 6 heteroatoms. The Morgan fingerprint density at radius 3 is 2.48 bits per heavy atom. The summed E-state index contributed by atoms with van der Waals surface area (Å²) in [5.41, 5.74) is 1.49. The summed E-state index contributed by atoms with van der Waals surface area (Å²) in [6.07, 6.45) is 0. The van der Waals surface area contributed by atoms with E-state index in [0.717, 1.165) is 24.2 Å². The first kappa shape index (κ1) is 16.9. The number of fused-ring (bicyclic) bond motifs is 1. The summed E-state index contributed by atoms with van der Waals surface area (Å²) in [6, 6.07) is 6.23. The van der Waals surface area contributed by atoms with Gasteiger partial charge < -0.3 is 19.3 Å². The van der Waals surface area contributed by atoms with Crippen LogP contribution in [0.15, 0.2) is 33.5 Å². The zero-order valence-electron chi connectivity index (χ0n) is 13.9. The van der Waals surface area contributed by atoms with E-state index >= 15 is 0 Å². The predicted octanol–water partition coefficient (Wildman–Crippen LogP) is 2.55. The van der Waals surface area contributed by atoms with E-state index in [9.17, 15) is 14.7 Å². The Balaban J connectivity index is 2.59. The van der Waals surface area contributed by atoms with Crippen molar-refractivity contribution in [2.75, 3.05) is 29.9 Å². The van der Waals surface area contributed by atoms with Crippen molar-refractivity contribution >= 4 is 28.3 Å². The molecule has 1 N–H and O–H groups in total. The highest BCUT2D eigenvalue weighted by Gasteiger charge is 2.20. The molecule has 1 aromatic heterocycles. The highest BCUT2D eigenvalue weighted by Crippen LogP contribution is 2.29. The molecule has 1 aromatic carbocycles. The van der Waals surface area contributed by atoms with E-state index in [1.54, 1.807) is 18.9 Å². The van der Waals surface area contributed by atoms with Crippen molar-refractivity contribution in [3.05, 3.63) is 34.7 Å². The molecule has 0 bridgehead atoms. The molecular weight excluding hydrogens is 296 g/mol. The smallest absolute Gasteiger partial charge is 0.338 e. The van der Waals surface area contributed by atoms with Crippen molar-refractivity contribution in [1.82, 2.24) is 0 Å². The first-order valence-electron chi connectivity index (χ1n) is 7.67. The fraction of sp³-hybridized carbons (Fsp3) is 0.412. The number of likely N-dealkylation sites (N-methyl/N-ethyl adjacent to an activating group) is 1. The molecule has 0 aliphatic heterocycles. The summed E-state index contributed by atoms with van der Waals surface area (Å²) >= 11 is 0. The van der Waals surface area contributed by atoms with Gasteiger partial charge in [0.05, 0.1) is 5.69 Å². The summed E-state index contributed by atoms with van der Waals surface area (Å²) in [7, 11) is 1.66. The summed E-state index contributed by atoms with van der Waals surface area (Å²) < 4.78 is 5.32. The number of hydrogen-bond acceptors (Lipinski definition) is 5. The molecule has 0 radical (unpaired) electrons. The highest BCUT2D eigenvalue weighted by molar-refractivity contribution is 5.93. The minimum Gasteiger partial charge on any atom is -0.480 e. The summed E-state index contributed by atoms with van der Waals surface area (Å²) in [6.45, 7) is 7.39. The largest absolute Gasteiger partial charge is 0.480 e. The van der Waals surface area contributed by atoms with Crippen LogP contribution in [-0.4, -0.2) is 37.3 Å². The first-order chi connectivity index (χ1) is 10.9. The number of carboxylic acids is 1. The Labute approximate surface area is 134 Å². The van der Waals surface area contributed by atoms with Crippen LogP contribution >= 0.6 is 0 Å². The van der Waals surface area contributed by atoms with Gasteiger partial charge in [-0.25, -0.2) is 9.59 Å². The van der Waals surface area contributed by atoms with Crippen molar-refractivity contribution < 1.29 is 14.3 Å². The van der Waals surface area contributed by atoms with Crippen LogP contribution in [-0.2, 0) is 4.79 Å². The number of benzene rings is 1. The van der Waals surface area contributed by atoms with Crippen LogP contribution in [0.5, 0.6) is 0 Å². The van der Waals surface area contributed by atoms with Crippen LogP contribution in [0.4, 0.5) is 11.4 Å². The predicted molar refractivity (Wildman–Crippen MR) is 91.5 cm³/mol. The maximum atomic E-state index is 11.9. The molecule has 0 saturated carbocycles. The van der Waals surface area contributed by atoms with E-state index in [2.05, 4.69) is 18.7 Å². The Bertz CT molecular complexity index is 765. The van der Waals surface area contributed by atoms with Gasteiger partial charge in [0, 0.05) is 43.3 Å². The molecule has 6 nitrogen and oxygen atoms in total. The van der Waals surface area contributed by atoms with E-state index < -0.39 is 17.6 Å². The molecule has 1 heterocycles. The lowest BCUT2D eigenvalue weighted by atomic mass is 10.1. The van der Waals surface area contributed by atoms with Gasteiger partial charge in [0.1, 0.15) is 11.6 Å². The van der Waals surface area contributed by atoms with E-state index in [1.807, 2.05) is 18.2 Å². The second-order valence-electron chi connectivity index (χ2n) is 5.43. The molecule has 0 aliphatic rings. The van der Waals surface area contributed by atoms with Gasteiger partial charge in [0.2, 0.25) is 0 Å². The fourth-order valence-corrected chi connectivity index (χ4v) is 2.59. The molecule has 0 unspecified atom stereocenters. The molecule has 0 fully saturated rings. The SMILES string of the molecule is CCN(CC)c1ccc2c(N(C)[C@@H](C)C(=O)O)cc(=O)oc2c1. The normalized spacial score (nSPS) is 12.2. The van der Waals surface area contributed by atoms with Crippen molar-refractivity contribution in [1.29, 1.82) is 0 Å². The zero-order chi connectivity index (χ0) is 17.1. The lowest BCUT2D eigenvalue weighted by Gasteiger charge is -2.25. The van der Waals surface area contributed by atoms with Crippen molar-refractivity contribution in [2.45, 2.75) is 26.8 Å². The Morgan fingerprint density at radius 2 is 1.91 bits per heavy atom. The average Bonchev–Trinajstić information content (AvgIpc) is 2.53. The number of carbonyl (C=O) groups is 1. The van der Waals surface area contributed by atoms with Crippen molar-refractivity contribution in [3.8, 4) is 0 Å². The topological polar surface area (TPSA) is 74.0 Å². The number of anilines is 2. The van der Waals surface area contributed by atoms with Gasteiger partial charge in [-0.15, -0.1) is 0 Å². The van der Waals surface area contributed by atoms with E-state index in [-0.39, 0.29) is 0 Å². The standard InChI is InChI=1S/C17H22N2O4/c1-5-19(6-2)12-7-8-13-14(18(4)11(3)17(21)22)10-16(20)23-15(13)9-12/h7-11H,5-6H2,1-4H3,(H,21,22)/t11-/m0/s1. The summed E-state index contributed by atoms with van der Waals surface area (Å²) in [5.74, 6) is -0.950. The number of carboxylic acid groups (broad SMARTS) is 1. The maximum Gasteiger partial charge on any atom is 0.338 e. The molecular formula is C17H22N2O4. The van der Waals surface area contributed by atoms with Crippen LogP contribution in [0, 0.1) is 0 Å². The summed E-state index contributed by atoms with van der Waals surface area (Å²) in [4.78, 5) is 26.8. The van der Waals surface area contributed by atoms with Crippen LogP contribution < -0.4 is 15.4 Å². The van der Waals surface area contributed by atoms with Crippen LogP contribution in [0.25, 0.3) is 11.0 Å². The highest BCUT2D eigenvalue weighted by atomic mass is 16.4. The minimum absolute atomic E-state index is 0.460. The molecule has 2 aromatic rings. The van der Waals surface area contributed by atoms with Crippen LogP contribution in [0.3, 0.4) is 0 Å². The van der Waals surface area contributed by atoms with Crippen LogP contribution in [0.2, 0.25) is 0 Å². The average molecular weight is 318 g/mol. The van der Waals surface area contributed by atoms with Gasteiger partial charge in [-0.1, -0.05) is 0 Å². The lowest BCUT2D eigenvalue weighted by Crippen LogP contribution is -2.36. The Kier molecular flexibility index (Phi) is 4.93. The Morgan fingerprint density at radius 1 is 1.26 bits per heavy atom. The van der Waals surface area contributed by atoms with Gasteiger partial charge in [-0.3, -0.25) is 0 Å². The number of rotatable bonds is 6. The van der Waals surface area contributed by atoms with Crippen LogP contribution in [0.1, 0.15) is 20.8 Å². The Hall–Kier alpha value is -2.50. The maximum absolute atomic E-state index is 11.9. The second-order valence-corrected chi connectivity index (χ2v) is 5.43. The molecule has 124 valence electrons. The second kappa shape index (κ2) is 6.73. The third-order valence-corrected chi connectivity index (χ3v) is 4.15. The molecule has 1 atom stereocenters. The molecule has 23 heavy (non-hydrogen) atoms. The fourth-order valence-electron chi connectivity index (χ4n) is 2.59. The number of aliphatic carboxylic acids is 1. The summed E-state index contributed by atoms with van der Waals surface area (Å²) in [5, 5.41) is 9.90. The molecule has 0 amide bonds. The minimum atomic E-state index is -0.950. The lowest BCUT2D eigenvalue weighted by molar-refractivity contribution is -0.138. The molecule has 0 spiro atoms. The van der Waals surface area contributed by atoms with Gasteiger partial charge >= 0.3 is 11.6 Å². The van der Waals surface area contributed by atoms with E-state index in [0.29, 0.717) is 11.3 Å². The number of nitrogens with zero attached hydrogens (tertiary/aromatic N) is 2. The van der Waals surface area contributed by atoms with Crippen molar-refractivity contribution in [2.24, 2.45) is 0 Å². The van der Waals surface area contributed by atoms with E-state index in [4.69, 9.17) is 4.42 Å². The van der Waals surface area contributed by atoms with Crippen molar-refractivity contribution in [3.63, 3.8) is 0 Å². The van der Waals surface area contributed by atoms with Gasteiger partial charge in [-0.2, -0.15) is 0 Å². The van der Waals surface area contributed by atoms with Gasteiger partial charge in [0.25, 0.3) is 0 Å². The first-order valence-corrected chi connectivity index (χ1v) is 7.67. The van der Waals surface area contributed by atoms with E-state index in [1.165, 1.54) is 6.07 Å². The van der Waals surface area contributed by atoms with Gasteiger partial charge in [-0.05, 0) is 32.9 Å². The monoisotopic (exact) mass is 318 g/mol. The zero-order valence-corrected chi connectivity index (χ0v) is 13.9. The number of hydrogen-bond donors (Lipinski definition) is 1.